The molecule has 0 spiro atoms. The number of methoxy groups -OCH3 is 1. The maximum Gasteiger partial charge on any atom is 0.123 e. The van der Waals surface area contributed by atoms with Gasteiger partial charge in [-0.15, -0.1) is 0 Å². The van der Waals surface area contributed by atoms with E-state index in [1.807, 2.05) is 22.9 Å². The molecule has 1 heterocycles. The number of hydrogen-bond acceptors (Lipinski definition) is 2. The number of hydrogen-bond donors (Lipinski definition) is 1. The second kappa shape index (κ2) is 6.33. The molecule has 0 saturated carbocycles. The first kappa shape index (κ1) is 12.8. The van der Waals surface area contributed by atoms with Crippen molar-refractivity contribution in [1.82, 2.24) is 9.88 Å². The van der Waals surface area contributed by atoms with Crippen molar-refractivity contribution in [3.8, 4) is 5.69 Å². The van der Waals surface area contributed by atoms with Gasteiger partial charge in [-0.2, -0.15) is 0 Å². The van der Waals surface area contributed by atoms with Crippen LogP contribution >= 0.6 is 0 Å². The predicted molar refractivity (Wildman–Crippen MR) is 69.3 cm³/mol. The summed E-state index contributed by atoms with van der Waals surface area (Å²) < 4.78 is 19.9. The van der Waals surface area contributed by atoms with Crippen LogP contribution in [0.4, 0.5) is 4.39 Å². The minimum absolute atomic E-state index is 0.217. The summed E-state index contributed by atoms with van der Waals surface area (Å²) in [5.41, 5.74) is 2.10. The Labute approximate surface area is 106 Å². The molecule has 3 nitrogen and oxygen atoms in total. The molecule has 4 heteroatoms. The van der Waals surface area contributed by atoms with Crippen molar-refractivity contribution < 1.29 is 9.13 Å². The van der Waals surface area contributed by atoms with Gasteiger partial charge in [-0.1, -0.05) is 0 Å². The molecule has 0 saturated heterocycles. The molecule has 0 bridgehead atoms. The van der Waals surface area contributed by atoms with Crippen LogP contribution < -0.4 is 5.32 Å². The molecule has 18 heavy (non-hydrogen) atoms. The fourth-order valence-electron chi connectivity index (χ4n) is 1.80. The Balaban J connectivity index is 2.05. The molecule has 0 aliphatic carbocycles. The van der Waals surface area contributed by atoms with Crippen LogP contribution in [0.2, 0.25) is 0 Å². The predicted octanol–water partition coefficient (Wildman–Crippen LogP) is 2.35. The van der Waals surface area contributed by atoms with Gasteiger partial charge in [-0.25, -0.2) is 4.39 Å². The Bertz CT molecular complexity index is 479. The van der Waals surface area contributed by atoms with E-state index in [1.54, 1.807) is 19.2 Å². The second-order valence-corrected chi connectivity index (χ2v) is 4.02. The van der Waals surface area contributed by atoms with Gasteiger partial charge in [0.2, 0.25) is 0 Å². The van der Waals surface area contributed by atoms with Gasteiger partial charge in [0.1, 0.15) is 5.82 Å². The quantitative estimate of drug-likeness (QED) is 0.794. The lowest BCUT2D eigenvalue weighted by atomic mass is 10.3. The largest absolute Gasteiger partial charge is 0.383 e. The molecular formula is C14H17FN2O. The average molecular weight is 248 g/mol. The molecule has 0 atom stereocenters. The number of nitrogens with zero attached hydrogens (tertiary/aromatic N) is 1. The molecular weight excluding hydrogens is 231 g/mol. The van der Waals surface area contributed by atoms with Crippen molar-refractivity contribution in [3.05, 3.63) is 54.1 Å². The zero-order valence-corrected chi connectivity index (χ0v) is 10.4. The maximum absolute atomic E-state index is 12.9. The number of nitrogens with one attached hydrogen (secondary N) is 1. The van der Waals surface area contributed by atoms with Crippen LogP contribution in [0.1, 0.15) is 5.69 Å². The molecule has 1 N–H and O–H groups in total. The second-order valence-electron chi connectivity index (χ2n) is 4.02. The fraction of sp³-hybridized carbons (Fsp3) is 0.286. The third-order valence-electron chi connectivity index (χ3n) is 2.73. The highest BCUT2D eigenvalue weighted by atomic mass is 19.1. The number of benzene rings is 1. The van der Waals surface area contributed by atoms with Crippen molar-refractivity contribution in [1.29, 1.82) is 0 Å². The summed E-state index contributed by atoms with van der Waals surface area (Å²) >= 11 is 0. The van der Waals surface area contributed by atoms with E-state index in [2.05, 4.69) is 5.32 Å². The van der Waals surface area contributed by atoms with Gasteiger partial charge in [-0.05, 0) is 36.4 Å². The van der Waals surface area contributed by atoms with E-state index in [0.717, 1.165) is 24.5 Å². The standard InChI is InChI=1S/C14H17FN2O/c1-18-10-8-16-11-14-3-2-9-17(14)13-6-4-12(15)5-7-13/h2-7,9,16H,8,10-11H2,1H3. The topological polar surface area (TPSA) is 26.2 Å². The molecule has 0 unspecified atom stereocenters. The van der Waals surface area contributed by atoms with Crippen LogP contribution in [0.5, 0.6) is 0 Å². The highest BCUT2D eigenvalue weighted by molar-refractivity contribution is 5.35. The van der Waals surface area contributed by atoms with E-state index >= 15 is 0 Å². The summed E-state index contributed by atoms with van der Waals surface area (Å²) in [6, 6.07) is 10.5. The van der Waals surface area contributed by atoms with Crippen LogP contribution in [-0.4, -0.2) is 24.8 Å². The first-order valence-electron chi connectivity index (χ1n) is 5.93. The van der Waals surface area contributed by atoms with Crippen LogP contribution in [0.25, 0.3) is 5.69 Å². The molecule has 0 amide bonds. The Kier molecular flexibility index (Phi) is 4.50. The smallest absolute Gasteiger partial charge is 0.123 e. The monoisotopic (exact) mass is 248 g/mol. The summed E-state index contributed by atoms with van der Waals surface area (Å²) in [5, 5.41) is 3.29. The summed E-state index contributed by atoms with van der Waals surface area (Å²) in [4.78, 5) is 0. The van der Waals surface area contributed by atoms with Crippen molar-refractivity contribution in [2.24, 2.45) is 0 Å². The van der Waals surface area contributed by atoms with Crippen molar-refractivity contribution in [2.45, 2.75) is 6.54 Å². The van der Waals surface area contributed by atoms with E-state index in [0.29, 0.717) is 6.61 Å². The fourth-order valence-corrected chi connectivity index (χ4v) is 1.80. The normalized spacial score (nSPS) is 10.8. The van der Waals surface area contributed by atoms with Gasteiger partial charge in [0.25, 0.3) is 0 Å². The minimum atomic E-state index is -0.217. The third kappa shape index (κ3) is 3.18. The number of halogens is 1. The van der Waals surface area contributed by atoms with E-state index in [9.17, 15) is 4.39 Å². The number of ether oxygens (including phenoxy) is 1. The molecule has 96 valence electrons. The molecule has 2 aromatic rings. The molecule has 1 aromatic heterocycles. The average Bonchev–Trinajstić information content (AvgIpc) is 2.84. The van der Waals surface area contributed by atoms with Crippen molar-refractivity contribution in [3.63, 3.8) is 0 Å². The number of aromatic nitrogens is 1. The lowest BCUT2D eigenvalue weighted by molar-refractivity contribution is 0.199. The Hall–Kier alpha value is -1.65. The van der Waals surface area contributed by atoms with Gasteiger partial charge >= 0.3 is 0 Å². The van der Waals surface area contributed by atoms with E-state index in [-0.39, 0.29) is 5.82 Å². The minimum Gasteiger partial charge on any atom is -0.383 e. The molecule has 0 aliphatic heterocycles. The van der Waals surface area contributed by atoms with Crippen molar-refractivity contribution >= 4 is 0 Å². The van der Waals surface area contributed by atoms with Gasteiger partial charge < -0.3 is 14.6 Å². The molecule has 0 radical (unpaired) electrons. The summed E-state index contributed by atoms with van der Waals surface area (Å²) in [6.07, 6.45) is 1.97. The molecule has 0 aliphatic rings. The van der Waals surface area contributed by atoms with Crippen LogP contribution in [0, 0.1) is 5.82 Å². The zero-order chi connectivity index (χ0) is 12.8. The molecule has 2 rings (SSSR count). The van der Waals surface area contributed by atoms with E-state index in [1.165, 1.54) is 12.1 Å². The Morgan fingerprint density at radius 3 is 2.72 bits per heavy atom. The first-order valence-corrected chi connectivity index (χ1v) is 5.93. The van der Waals surface area contributed by atoms with Crippen molar-refractivity contribution in [2.75, 3.05) is 20.3 Å². The van der Waals surface area contributed by atoms with Gasteiger partial charge in [0.05, 0.1) is 6.61 Å². The van der Waals surface area contributed by atoms with Gasteiger partial charge in [-0.3, -0.25) is 0 Å². The van der Waals surface area contributed by atoms with Crippen LogP contribution in [-0.2, 0) is 11.3 Å². The number of rotatable bonds is 6. The summed E-state index contributed by atoms with van der Waals surface area (Å²) in [6.45, 7) is 2.26. The van der Waals surface area contributed by atoms with E-state index in [4.69, 9.17) is 4.74 Å². The zero-order valence-electron chi connectivity index (χ0n) is 10.4. The van der Waals surface area contributed by atoms with Gasteiger partial charge in [0, 0.05) is 37.8 Å². The van der Waals surface area contributed by atoms with Gasteiger partial charge in [0.15, 0.2) is 0 Å². The first-order chi connectivity index (χ1) is 8.81. The molecule has 1 aromatic carbocycles. The molecule has 0 fully saturated rings. The maximum atomic E-state index is 12.9. The lowest BCUT2D eigenvalue weighted by Gasteiger charge is -2.10. The van der Waals surface area contributed by atoms with E-state index < -0.39 is 0 Å². The van der Waals surface area contributed by atoms with Crippen LogP contribution in [0.3, 0.4) is 0 Å². The Morgan fingerprint density at radius 2 is 2.00 bits per heavy atom. The SMILES string of the molecule is COCCNCc1cccn1-c1ccc(F)cc1. The summed E-state index contributed by atoms with van der Waals surface area (Å²) in [5.74, 6) is -0.217. The highest BCUT2D eigenvalue weighted by Crippen LogP contribution is 2.13. The third-order valence-corrected chi connectivity index (χ3v) is 2.73. The highest BCUT2D eigenvalue weighted by Gasteiger charge is 2.02. The lowest BCUT2D eigenvalue weighted by Crippen LogP contribution is -2.20. The van der Waals surface area contributed by atoms with Crippen LogP contribution in [0.15, 0.2) is 42.6 Å². The Morgan fingerprint density at radius 1 is 1.22 bits per heavy atom. The summed E-state index contributed by atoms with van der Waals surface area (Å²) in [7, 11) is 1.68.